The van der Waals surface area contributed by atoms with Crippen molar-refractivity contribution in [1.82, 2.24) is 5.43 Å². The van der Waals surface area contributed by atoms with E-state index >= 15 is 0 Å². The Hall–Kier alpha value is -0.160. The summed E-state index contributed by atoms with van der Waals surface area (Å²) in [6, 6.07) is 0.0439. The molecule has 0 amide bonds. The highest BCUT2D eigenvalue weighted by Crippen LogP contribution is 2.24. The SMILES string of the molecule is CCOC(CC)(CC)C(COC)NN. The molecule has 0 heterocycles. The molecule has 0 aliphatic carbocycles. The first-order valence-corrected chi connectivity index (χ1v) is 5.29. The van der Waals surface area contributed by atoms with Gasteiger partial charge in [-0.2, -0.15) is 0 Å². The highest BCUT2D eigenvalue weighted by Gasteiger charge is 2.35. The van der Waals surface area contributed by atoms with Gasteiger partial charge in [0, 0.05) is 13.7 Å². The predicted molar refractivity (Wildman–Crippen MR) is 57.9 cm³/mol. The Morgan fingerprint density at radius 1 is 1.29 bits per heavy atom. The van der Waals surface area contributed by atoms with Crippen LogP contribution in [-0.4, -0.2) is 32.0 Å². The summed E-state index contributed by atoms with van der Waals surface area (Å²) in [6.45, 7) is 7.49. The van der Waals surface area contributed by atoms with Crippen LogP contribution in [0.4, 0.5) is 0 Å². The lowest BCUT2D eigenvalue weighted by Crippen LogP contribution is -2.56. The van der Waals surface area contributed by atoms with Gasteiger partial charge in [0.25, 0.3) is 0 Å². The van der Waals surface area contributed by atoms with Gasteiger partial charge in [-0.1, -0.05) is 13.8 Å². The number of hydrogen-bond donors (Lipinski definition) is 2. The van der Waals surface area contributed by atoms with Gasteiger partial charge >= 0.3 is 0 Å². The number of ether oxygens (including phenoxy) is 2. The molecule has 4 heteroatoms. The average Bonchev–Trinajstić information content (AvgIpc) is 2.23. The molecule has 0 saturated heterocycles. The van der Waals surface area contributed by atoms with E-state index in [1.54, 1.807) is 7.11 Å². The second-order valence-electron chi connectivity index (χ2n) is 3.38. The van der Waals surface area contributed by atoms with E-state index < -0.39 is 0 Å². The summed E-state index contributed by atoms with van der Waals surface area (Å²) in [5.41, 5.74) is 2.57. The second-order valence-corrected chi connectivity index (χ2v) is 3.38. The zero-order valence-corrected chi connectivity index (χ0v) is 9.80. The number of nitrogens with one attached hydrogen (secondary N) is 1. The third-order valence-electron chi connectivity index (χ3n) is 2.80. The van der Waals surface area contributed by atoms with Crippen molar-refractivity contribution in [3.05, 3.63) is 0 Å². The van der Waals surface area contributed by atoms with Crippen molar-refractivity contribution < 1.29 is 9.47 Å². The van der Waals surface area contributed by atoms with Gasteiger partial charge in [-0.3, -0.25) is 11.3 Å². The summed E-state index contributed by atoms with van der Waals surface area (Å²) < 4.78 is 10.9. The van der Waals surface area contributed by atoms with E-state index in [-0.39, 0.29) is 11.6 Å². The lowest BCUT2D eigenvalue weighted by Gasteiger charge is -2.38. The van der Waals surface area contributed by atoms with Crippen LogP contribution in [0, 0.1) is 0 Å². The van der Waals surface area contributed by atoms with Gasteiger partial charge in [-0.25, -0.2) is 0 Å². The van der Waals surface area contributed by atoms with Crippen molar-refractivity contribution in [3.63, 3.8) is 0 Å². The van der Waals surface area contributed by atoms with Crippen LogP contribution in [0.25, 0.3) is 0 Å². The molecule has 0 saturated carbocycles. The third-order valence-corrected chi connectivity index (χ3v) is 2.80. The van der Waals surface area contributed by atoms with Crippen LogP contribution in [-0.2, 0) is 9.47 Å². The van der Waals surface area contributed by atoms with E-state index in [2.05, 4.69) is 19.3 Å². The summed E-state index contributed by atoms with van der Waals surface area (Å²) in [4.78, 5) is 0. The zero-order valence-electron chi connectivity index (χ0n) is 9.80. The van der Waals surface area contributed by atoms with Crippen molar-refractivity contribution in [2.75, 3.05) is 20.3 Å². The van der Waals surface area contributed by atoms with Gasteiger partial charge in [0.2, 0.25) is 0 Å². The van der Waals surface area contributed by atoms with Crippen LogP contribution in [0.1, 0.15) is 33.6 Å². The number of hydrogen-bond acceptors (Lipinski definition) is 4. The third kappa shape index (κ3) is 3.20. The van der Waals surface area contributed by atoms with E-state index in [0.717, 1.165) is 12.8 Å². The molecular weight excluding hydrogens is 180 g/mol. The minimum Gasteiger partial charge on any atom is -0.383 e. The summed E-state index contributed by atoms with van der Waals surface area (Å²) in [5, 5.41) is 0. The van der Waals surface area contributed by atoms with E-state index in [4.69, 9.17) is 15.3 Å². The molecule has 0 rings (SSSR count). The first-order valence-electron chi connectivity index (χ1n) is 5.29. The molecule has 0 aromatic heterocycles. The molecule has 1 unspecified atom stereocenters. The lowest BCUT2D eigenvalue weighted by atomic mass is 9.89. The highest BCUT2D eigenvalue weighted by atomic mass is 16.5. The van der Waals surface area contributed by atoms with Crippen LogP contribution in [0.15, 0.2) is 0 Å². The minimum absolute atomic E-state index is 0.0439. The van der Waals surface area contributed by atoms with Crippen molar-refractivity contribution in [2.24, 2.45) is 5.84 Å². The molecule has 14 heavy (non-hydrogen) atoms. The standard InChI is InChI=1S/C10H24N2O2/c1-5-10(6-2,14-7-3)9(12-11)8-13-4/h9,12H,5-8,11H2,1-4H3. The average molecular weight is 204 g/mol. The molecule has 3 N–H and O–H groups in total. The molecule has 0 aliphatic heterocycles. The van der Waals surface area contributed by atoms with Gasteiger partial charge < -0.3 is 9.47 Å². The quantitative estimate of drug-likeness (QED) is 0.458. The maximum atomic E-state index is 5.81. The van der Waals surface area contributed by atoms with Crippen LogP contribution in [0.3, 0.4) is 0 Å². The van der Waals surface area contributed by atoms with Gasteiger partial charge in [-0.15, -0.1) is 0 Å². The fourth-order valence-corrected chi connectivity index (χ4v) is 1.85. The molecular formula is C10H24N2O2. The molecule has 4 nitrogen and oxygen atoms in total. The van der Waals surface area contributed by atoms with E-state index in [1.807, 2.05) is 6.92 Å². The molecule has 86 valence electrons. The van der Waals surface area contributed by atoms with Crippen molar-refractivity contribution in [1.29, 1.82) is 0 Å². The Bertz CT molecular complexity index is 138. The van der Waals surface area contributed by atoms with Gasteiger partial charge in [0.1, 0.15) is 0 Å². The lowest BCUT2D eigenvalue weighted by molar-refractivity contribution is -0.0861. The van der Waals surface area contributed by atoms with Gasteiger partial charge in [0.15, 0.2) is 0 Å². The topological polar surface area (TPSA) is 56.5 Å². The van der Waals surface area contributed by atoms with Crippen LogP contribution >= 0.6 is 0 Å². The van der Waals surface area contributed by atoms with Crippen LogP contribution < -0.4 is 11.3 Å². The van der Waals surface area contributed by atoms with Crippen LogP contribution in [0.5, 0.6) is 0 Å². The summed E-state index contributed by atoms with van der Waals surface area (Å²) in [7, 11) is 1.67. The first kappa shape index (κ1) is 13.8. The first-order chi connectivity index (χ1) is 6.70. The van der Waals surface area contributed by atoms with E-state index in [9.17, 15) is 0 Å². The van der Waals surface area contributed by atoms with Crippen molar-refractivity contribution in [2.45, 2.75) is 45.3 Å². The smallest absolute Gasteiger partial charge is 0.0865 e. The Kier molecular flexibility index (Phi) is 7.09. The summed E-state index contributed by atoms with van der Waals surface area (Å²) >= 11 is 0. The molecule has 1 atom stereocenters. The fourth-order valence-electron chi connectivity index (χ4n) is 1.85. The number of rotatable bonds is 8. The Morgan fingerprint density at radius 2 is 1.86 bits per heavy atom. The largest absolute Gasteiger partial charge is 0.383 e. The zero-order chi connectivity index (χ0) is 11.0. The predicted octanol–water partition coefficient (Wildman–Crippen LogP) is 1.06. The number of methoxy groups -OCH3 is 1. The Labute approximate surface area is 87.1 Å². The molecule has 0 spiro atoms. The Morgan fingerprint density at radius 3 is 2.14 bits per heavy atom. The minimum atomic E-state index is -0.209. The maximum absolute atomic E-state index is 5.81. The molecule has 0 bridgehead atoms. The second kappa shape index (κ2) is 7.17. The van der Waals surface area contributed by atoms with Crippen molar-refractivity contribution >= 4 is 0 Å². The van der Waals surface area contributed by atoms with E-state index in [1.165, 1.54) is 0 Å². The van der Waals surface area contributed by atoms with Gasteiger partial charge in [0.05, 0.1) is 18.2 Å². The monoisotopic (exact) mass is 204 g/mol. The molecule has 0 radical (unpaired) electrons. The number of hydrazine groups is 1. The van der Waals surface area contributed by atoms with Gasteiger partial charge in [-0.05, 0) is 19.8 Å². The molecule has 0 aromatic rings. The normalized spacial score (nSPS) is 14.4. The van der Waals surface area contributed by atoms with Crippen molar-refractivity contribution in [3.8, 4) is 0 Å². The maximum Gasteiger partial charge on any atom is 0.0865 e. The summed E-state index contributed by atoms with van der Waals surface area (Å²) in [6.07, 6.45) is 1.85. The molecule has 0 fully saturated rings. The molecule has 0 aromatic carbocycles. The Balaban J connectivity index is 4.54. The summed E-state index contributed by atoms with van der Waals surface area (Å²) in [5.74, 6) is 5.52. The number of nitrogens with two attached hydrogens (primary N) is 1. The highest BCUT2D eigenvalue weighted by molar-refractivity contribution is 4.90. The van der Waals surface area contributed by atoms with E-state index in [0.29, 0.717) is 13.2 Å². The fraction of sp³-hybridized carbons (Fsp3) is 1.00. The van der Waals surface area contributed by atoms with Crippen LogP contribution in [0.2, 0.25) is 0 Å². The molecule has 0 aliphatic rings.